The molecule has 0 aliphatic rings. The molecule has 0 aliphatic carbocycles. The molecule has 0 aromatic heterocycles. The molecule has 2 rings (SSSR count). The number of aryl methyl sites for hydroxylation is 2. The number of aliphatic carboxylic acids is 1. The van der Waals surface area contributed by atoms with Crippen LogP contribution in [0.3, 0.4) is 0 Å². The molecule has 0 bridgehead atoms. The van der Waals surface area contributed by atoms with Crippen LogP contribution in [-0.2, 0) is 9.59 Å². The van der Waals surface area contributed by atoms with Crippen LogP contribution in [0.1, 0.15) is 36.5 Å². The fraction of sp³-hybridized carbons (Fsp3) is 0.300. The van der Waals surface area contributed by atoms with Gasteiger partial charge in [-0.1, -0.05) is 13.8 Å². The zero-order valence-corrected chi connectivity index (χ0v) is 15.5. The number of hydrogen-bond acceptors (Lipinski definition) is 4. The summed E-state index contributed by atoms with van der Waals surface area (Å²) in [4.78, 5) is 22.0. The highest BCUT2D eigenvalue weighted by Crippen LogP contribution is 2.35. The van der Waals surface area contributed by atoms with Gasteiger partial charge in [0, 0.05) is 11.3 Å². The molecule has 1 amide bonds. The quantitative estimate of drug-likeness (QED) is 0.782. The number of amides is 1. The van der Waals surface area contributed by atoms with E-state index in [9.17, 15) is 9.59 Å². The number of methoxy groups -OCH3 is 1. The van der Waals surface area contributed by atoms with Crippen molar-refractivity contribution in [2.45, 2.75) is 33.6 Å². The second-order valence-electron chi connectivity index (χ2n) is 6.36. The Hall–Kier alpha value is -3.02. The first-order chi connectivity index (χ1) is 12.2. The topological polar surface area (TPSA) is 84.9 Å². The minimum atomic E-state index is -1.53. The average molecular weight is 357 g/mol. The zero-order valence-electron chi connectivity index (χ0n) is 15.5. The first kappa shape index (κ1) is 19.3. The van der Waals surface area contributed by atoms with Crippen molar-refractivity contribution in [1.82, 2.24) is 0 Å². The summed E-state index contributed by atoms with van der Waals surface area (Å²) in [6.07, 6.45) is 0. The number of carbonyl (C=O) groups is 2. The van der Waals surface area contributed by atoms with Gasteiger partial charge in [0.25, 0.3) is 0 Å². The van der Waals surface area contributed by atoms with Crippen molar-refractivity contribution in [3.05, 3.63) is 47.0 Å². The highest BCUT2D eigenvalue weighted by molar-refractivity contribution is 6.36. The molecule has 138 valence electrons. The number of rotatable bonds is 5. The summed E-state index contributed by atoms with van der Waals surface area (Å²) >= 11 is 0. The summed E-state index contributed by atoms with van der Waals surface area (Å²) in [5, 5.41) is 11.0. The van der Waals surface area contributed by atoms with Gasteiger partial charge in [-0.3, -0.25) is 4.79 Å². The number of benzene rings is 2. The Kier molecular flexibility index (Phi) is 5.87. The Morgan fingerprint density at radius 3 is 2.19 bits per heavy atom. The Labute approximate surface area is 152 Å². The van der Waals surface area contributed by atoms with Crippen LogP contribution in [0.5, 0.6) is 17.2 Å². The van der Waals surface area contributed by atoms with Crippen LogP contribution < -0.4 is 14.8 Å². The van der Waals surface area contributed by atoms with Crippen molar-refractivity contribution in [2.24, 2.45) is 0 Å². The Morgan fingerprint density at radius 2 is 1.69 bits per heavy atom. The lowest BCUT2D eigenvalue weighted by atomic mass is 10.0. The van der Waals surface area contributed by atoms with Crippen molar-refractivity contribution in [3.63, 3.8) is 0 Å². The third-order valence-electron chi connectivity index (χ3n) is 3.96. The number of ether oxygens (including phenoxy) is 2. The summed E-state index contributed by atoms with van der Waals surface area (Å²) in [5.41, 5.74) is 3.03. The monoisotopic (exact) mass is 357 g/mol. The molecule has 0 spiro atoms. The molecule has 6 nitrogen and oxygen atoms in total. The van der Waals surface area contributed by atoms with E-state index in [2.05, 4.69) is 19.2 Å². The number of carbonyl (C=O) groups excluding carboxylic acids is 1. The number of carboxylic acids is 1. The second-order valence-corrected chi connectivity index (χ2v) is 6.36. The molecule has 0 fully saturated rings. The van der Waals surface area contributed by atoms with Gasteiger partial charge in [0.05, 0.1) is 7.11 Å². The Morgan fingerprint density at radius 1 is 1.08 bits per heavy atom. The van der Waals surface area contributed by atoms with Gasteiger partial charge in [0.2, 0.25) is 0 Å². The lowest BCUT2D eigenvalue weighted by molar-refractivity contribution is -0.147. The predicted octanol–water partition coefficient (Wildman–Crippen LogP) is 4.25. The third-order valence-corrected chi connectivity index (χ3v) is 3.96. The first-order valence-corrected chi connectivity index (χ1v) is 8.24. The van der Waals surface area contributed by atoms with E-state index in [1.807, 2.05) is 32.0 Å². The fourth-order valence-corrected chi connectivity index (χ4v) is 2.71. The minimum Gasteiger partial charge on any atom is -0.496 e. The van der Waals surface area contributed by atoms with Crippen molar-refractivity contribution in [1.29, 1.82) is 0 Å². The van der Waals surface area contributed by atoms with E-state index in [0.717, 1.165) is 22.4 Å². The van der Waals surface area contributed by atoms with Gasteiger partial charge >= 0.3 is 11.9 Å². The van der Waals surface area contributed by atoms with Crippen molar-refractivity contribution < 1.29 is 24.2 Å². The van der Waals surface area contributed by atoms with Crippen LogP contribution in [0.2, 0.25) is 0 Å². The summed E-state index contributed by atoms with van der Waals surface area (Å²) < 4.78 is 11.4. The van der Waals surface area contributed by atoms with Crippen LogP contribution in [-0.4, -0.2) is 24.1 Å². The molecule has 2 N–H and O–H groups in total. The summed E-state index contributed by atoms with van der Waals surface area (Å²) in [6.45, 7) is 7.84. The molecule has 6 heteroatoms. The maximum Gasteiger partial charge on any atom is 0.394 e. The standard InChI is InChI=1S/C20H23NO5/c1-11(2)16-10-15(6-7-17(16)25-5)26-18-12(3)8-14(9-13(18)4)21-19(22)20(23)24/h6-11H,1-5H3,(H,21,22)(H,23,24). The highest BCUT2D eigenvalue weighted by Gasteiger charge is 2.15. The summed E-state index contributed by atoms with van der Waals surface area (Å²) in [5.74, 6) is -0.160. The smallest absolute Gasteiger partial charge is 0.394 e. The second kappa shape index (κ2) is 7.91. The van der Waals surface area contributed by atoms with Gasteiger partial charge in [-0.25, -0.2) is 4.79 Å². The van der Waals surface area contributed by atoms with Crippen LogP contribution in [0.15, 0.2) is 30.3 Å². The molecule has 0 atom stereocenters. The normalized spacial score (nSPS) is 10.5. The van der Waals surface area contributed by atoms with Crippen molar-refractivity contribution in [3.8, 4) is 17.2 Å². The van der Waals surface area contributed by atoms with E-state index >= 15 is 0 Å². The van der Waals surface area contributed by atoms with Crippen LogP contribution in [0, 0.1) is 13.8 Å². The molecule has 0 saturated heterocycles. The van der Waals surface area contributed by atoms with Gasteiger partial charge in [0.15, 0.2) is 0 Å². The molecule has 0 heterocycles. The van der Waals surface area contributed by atoms with Gasteiger partial charge in [-0.15, -0.1) is 0 Å². The number of nitrogens with one attached hydrogen (secondary N) is 1. The van der Waals surface area contributed by atoms with E-state index in [0.29, 0.717) is 17.2 Å². The van der Waals surface area contributed by atoms with E-state index in [1.165, 1.54) is 0 Å². The maximum atomic E-state index is 11.3. The lowest BCUT2D eigenvalue weighted by Gasteiger charge is -2.17. The van der Waals surface area contributed by atoms with Gasteiger partial charge in [-0.2, -0.15) is 0 Å². The third kappa shape index (κ3) is 4.33. The number of carboxylic acid groups (broad SMARTS) is 1. The lowest BCUT2D eigenvalue weighted by Crippen LogP contribution is -2.21. The largest absolute Gasteiger partial charge is 0.496 e. The van der Waals surface area contributed by atoms with E-state index in [-0.39, 0.29) is 5.92 Å². The van der Waals surface area contributed by atoms with E-state index < -0.39 is 11.9 Å². The SMILES string of the molecule is COc1ccc(Oc2c(C)cc(NC(=O)C(=O)O)cc2C)cc1C(C)C. The average Bonchev–Trinajstić information content (AvgIpc) is 2.57. The predicted molar refractivity (Wildman–Crippen MR) is 99.3 cm³/mol. The van der Waals surface area contributed by atoms with Gasteiger partial charge in [-0.05, 0) is 61.2 Å². The molecule has 0 unspecified atom stereocenters. The molecule has 2 aromatic carbocycles. The molecule has 2 aromatic rings. The maximum absolute atomic E-state index is 11.3. The Balaban J connectivity index is 2.31. The Bertz CT molecular complexity index is 819. The van der Waals surface area contributed by atoms with Crippen LogP contribution in [0.4, 0.5) is 5.69 Å². The van der Waals surface area contributed by atoms with Crippen LogP contribution >= 0.6 is 0 Å². The first-order valence-electron chi connectivity index (χ1n) is 8.24. The van der Waals surface area contributed by atoms with Gasteiger partial charge in [0.1, 0.15) is 17.2 Å². The molecule has 0 radical (unpaired) electrons. The van der Waals surface area contributed by atoms with Crippen LogP contribution in [0.25, 0.3) is 0 Å². The number of anilines is 1. The summed E-state index contributed by atoms with van der Waals surface area (Å²) in [6, 6.07) is 9.01. The van der Waals surface area contributed by atoms with Gasteiger partial charge < -0.3 is 19.9 Å². The minimum absolute atomic E-state index is 0.282. The van der Waals surface area contributed by atoms with E-state index in [4.69, 9.17) is 14.6 Å². The highest BCUT2D eigenvalue weighted by atomic mass is 16.5. The molecular formula is C20H23NO5. The van der Waals surface area contributed by atoms with Crippen molar-refractivity contribution >= 4 is 17.6 Å². The van der Waals surface area contributed by atoms with E-state index in [1.54, 1.807) is 19.2 Å². The molecule has 26 heavy (non-hydrogen) atoms. The number of hydrogen-bond donors (Lipinski definition) is 2. The van der Waals surface area contributed by atoms with Crippen molar-refractivity contribution in [2.75, 3.05) is 12.4 Å². The molecule has 0 saturated carbocycles. The molecule has 0 aliphatic heterocycles. The fourth-order valence-electron chi connectivity index (χ4n) is 2.71. The zero-order chi connectivity index (χ0) is 19.4. The molecular weight excluding hydrogens is 334 g/mol. The summed E-state index contributed by atoms with van der Waals surface area (Å²) in [7, 11) is 1.64.